The Morgan fingerprint density at radius 3 is 2.89 bits per heavy atom. The van der Waals surface area contributed by atoms with Crippen LogP contribution >= 0.6 is 0 Å². The van der Waals surface area contributed by atoms with Gasteiger partial charge in [0.05, 0.1) is 23.5 Å². The zero-order valence-corrected chi connectivity index (χ0v) is 15.0. The van der Waals surface area contributed by atoms with E-state index >= 15 is 0 Å². The summed E-state index contributed by atoms with van der Waals surface area (Å²) in [7, 11) is 0. The Bertz CT molecular complexity index is 1090. The number of nitrogens with one attached hydrogen (secondary N) is 1. The monoisotopic (exact) mass is 363 g/mol. The maximum absolute atomic E-state index is 13.5. The fourth-order valence-corrected chi connectivity index (χ4v) is 3.24. The summed E-state index contributed by atoms with van der Waals surface area (Å²) in [5.74, 6) is -0.175. The van der Waals surface area contributed by atoms with E-state index in [2.05, 4.69) is 15.4 Å². The predicted octanol–water partition coefficient (Wildman–Crippen LogP) is 3.24. The minimum atomic E-state index is -0.482. The number of fused-ring (bicyclic) bond motifs is 1. The number of hydrogen-bond donors (Lipinski definition) is 1. The highest BCUT2D eigenvalue weighted by Crippen LogP contribution is 2.32. The number of aryl methyl sites for hydroxylation is 1. The lowest BCUT2D eigenvalue weighted by Gasteiger charge is -2.12. The second-order valence-corrected chi connectivity index (χ2v) is 6.99. The van der Waals surface area contributed by atoms with Crippen molar-refractivity contribution in [3.63, 3.8) is 0 Å². The molecule has 2 heterocycles. The van der Waals surface area contributed by atoms with Crippen molar-refractivity contribution in [2.75, 3.05) is 0 Å². The van der Waals surface area contributed by atoms with Crippen LogP contribution in [0, 0.1) is 30.0 Å². The quantitative estimate of drug-likeness (QED) is 0.771. The highest BCUT2D eigenvalue weighted by molar-refractivity contribution is 5.93. The molecular formula is C20H18FN5O. The summed E-state index contributed by atoms with van der Waals surface area (Å²) in [5.41, 5.74) is 2.90. The maximum Gasteiger partial charge on any atom is 0.271 e. The van der Waals surface area contributed by atoms with E-state index in [9.17, 15) is 14.4 Å². The maximum atomic E-state index is 13.5. The summed E-state index contributed by atoms with van der Waals surface area (Å²) in [6.45, 7) is 3.86. The van der Waals surface area contributed by atoms with Crippen molar-refractivity contribution in [1.29, 1.82) is 5.26 Å². The van der Waals surface area contributed by atoms with Crippen molar-refractivity contribution in [3.8, 4) is 17.3 Å². The van der Waals surface area contributed by atoms with Gasteiger partial charge in [-0.2, -0.15) is 10.4 Å². The fourth-order valence-electron chi connectivity index (χ4n) is 3.24. The minimum Gasteiger partial charge on any atom is -0.348 e. The van der Waals surface area contributed by atoms with Crippen LogP contribution in [0.3, 0.4) is 0 Å². The number of nitriles is 1. The Morgan fingerprint density at radius 1 is 1.41 bits per heavy atom. The number of amides is 1. The number of carbonyl (C=O) groups excluding carboxylic acids is 1. The van der Waals surface area contributed by atoms with E-state index in [0.29, 0.717) is 28.5 Å². The molecule has 6 nitrogen and oxygen atoms in total. The van der Waals surface area contributed by atoms with Crippen molar-refractivity contribution >= 4 is 11.6 Å². The van der Waals surface area contributed by atoms with Crippen LogP contribution in [0.4, 0.5) is 4.39 Å². The first-order valence-corrected chi connectivity index (χ1v) is 8.84. The summed E-state index contributed by atoms with van der Waals surface area (Å²) in [6, 6.07) is 7.87. The van der Waals surface area contributed by atoms with Gasteiger partial charge in [-0.15, -0.1) is 0 Å². The van der Waals surface area contributed by atoms with Gasteiger partial charge in [0, 0.05) is 11.6 Å². The average Bonchev–Trinajstić information content (AvgIpc) is 3.41. The first-order valence-electron chi connectivity index (χ1n) is 8.84. The van der Waals surface area contributed by atoms with E-state index in [1.807, 2.05) is 19.9 Å². The van der Waals surface area contributed by atoms with E-state index < -0.39 is 5.82 Å². The Morgan fingerprint density at radius 2 is 2.19 bits per heavy atom. The number of aromatic nitrogens is 3. The molecule has 27 heavy (non-hydrogen) atoms. The molecule has 1 atom stereocenters. The number of benzene rings is 1. The van der Waals surface area contributed by atoms with E-state index in [1.165, 1.54) is 28.9 Å². The largest absolute Gasteiger partial charge is 0.348 e. The molecule has 1 amide bonds. The number of imidazole rings is 1. The molecule has 1 aromatic carbocycles. The molecule has 0 radical (unpaired) electrons. The van der Waals surface area contributed by atoms with Gasteiger partial charge in [0.25, 0.3) is 5.91 Å². The van der Waals surface area contributed by atoms with E-state index in [1.54, 1.807) is 6.07 Å². The van der Waals surface area contributed by atoms with Gasteiger partial charge >= 0.3 is 0 Å². The lowest BCUT2D eigenvalue weighted by Crippen LogP contribution is -2.34. The standard InChI is InChI=1S/C20H18FN5O/c1-11-7-17(16-6-5-15(21)8-14(16)9-22)25-26-18(10-23-19(11)26)20(27)24-12(2)13-3-4-13/h5-8,10,12-13H,3-4H2,1-2H3,(H,24,27). The van der Waals surface area contributed by atoms with Crippen LogP contribution in [0.5, 0.6) is 0 Å². The number of carbonyl (C=O) groups is 1. The third-order valence-corrected chi connectivity index (χ3v) is 4.95. The molecule has 2 aromatic heterocycles. The van der Waals surface area contributed by atoms with Crippen LogP contribution < -0.4 is 5.32 Å². The van der Waals surface area contributed by atoms with E-state index in [-0.39, 0.29) is 17.5 Å². The minimum absolute atomic E-state index is 0.106. The summed E-state index contributed by atoms with van der Waals surface area (Å²) >= 11 is 0. The third-order valence-electron chi connectivity index (χ3n) is 4.95. The van der Waals surface area contributed by atoms with Gasteiger partial charge in [0.1, 0.15) is 5.82 Å². The van der Waals surface area contributed by atoms with Crippen LogP contribution in [0.15, 0.2) is 30.5 Å². The summed E-state index contributed by atoms with van der Waals surface area (Å²) in [6.07, 6.45) is 3.78. The summed E-state index contributed by atoms with van der Waals surface area (Å²) in [4.78, 5) is 17.0. The molecule has 0 spiro atoms. The molecule has 1 aliphatic carbocycles. The van der Waals surface area contributed by atoms with Gasteiger partial charge < -0.3 is 5.32 Å². The van der Waals surface area contributed by atoms with Gasteiger partial charge in [-0.3, -0.25) is 4.79 Å². The Hall–Kier alpha value is -3.27. The summed E-state index contributed by atoms with van der Waals surface area (Å²) < 4.78 is 14.9. The topological polar surface area (TPSA) is 83.1 Å². The number of rotatable bonds is 4. The van der Waals surface area contributed by atoms with Gasteiger partial charge in [0.15, 0.2) is 11.3 Å². The third kappa shape index (κ3) is 3.14. The predicted molar refractivity (Wildman–Crippen MR) is 97.5 cm³/mol. The van der Waals surface area contributed by atoms with Crippen molar-refractivity contribution in [3.05, 3.63) is 53.1 Å². The molecular weight excluding hydrogens is 345 g/mol. The highest BCUT2D eigenvalue weighted by atomic mass is 19.1. The highest BCUT2D eigenvalue weighted by Gasteiger charge is 2.30. The van der Waals surface area contributed by atoms with Crippen LogP contribution in [0.1, 0.15) is 41.4 Å². The Kier molecular flexibility index (Phi) is 4.11. The second-order valence-electron chi connectivity index (χ2n) is 6.99. The first kappa shape index (κ1) is 17.2. The molecule has 4 rings (SSSR count). The number of halogens is 1. The van der Waals surface area contributed by atoms with Gasteiger partial charge in [-0.25, -0.2) is 13.9 Å². The molecule has 1 fully saturated rings. The molecule has 1 saturated carbocycles. The molecule has 1 N–H and O–H groups in total. The van der Waals surface area contributed by atoms with Gasteiger partial charge in [-0.1, -0.05) is 0 Å². The lowest BCUT2D eigenvalue weighted by atomic mass is 10.0. The molecule has 3 aromatic rings. The normalized spacial score (nSPS) is 14.7. The SMILES string of the molecule is Cc1cc(-c2ccc(F)cc2C#N)nn2c(C(=O)NC(C)C3CC3)cnc12. The lowest BCUT2D eigenvalue weighted by molar-refractivity contribution is 0.0928. The van der Waals surface area contributed by atoms with E-state index in [0.717, 1.165) is 18.4 Å². The van der Waals surface area contributed by atoms with Gasteiger partial charge in [0.2, 0.25) is 0 Å². The zero-order valence-electron chi connectivity index (χ0n) is 15.0. The molecule has 136 valence electrons. The van der Waals surface area contributed by atoms with Crippen LogP contribution in [-0.2, 0) is 0 Å². The molecule has 0 bridgehead atoms. The Balaban J connectivity index is 1.78. The Labute approximate surface area is 155 Å². The number of nitrogens with zero attached hydrogens (tertiary/aromatic N) is 4. The van der Waals surface area contributed by atoms with Crippen LogP contribution in [0.2, 0.25) is 0 Å². The van der Waals surface area contributed by atoms with Crippen LogP contribution in [0.25, 0.3) is 16.9 Å². The molecule has 7 heteroatoms. The van der Waals surface area contributed by atoms with Crippen LogP contribution in [-0.4, -0.2) is 26.5 Å². The van der Waals surface area contributed by atoms with Crippen molar-refractivity contribution in [2.45, 2.75) is 32.7 Å². The molecule has 1 aliphatic rings. The molecule has 0 saturated heterocycles. The van der Waals surface area contributed by atoms with Crippen molar-refractivity contribution < 1.29 is 9.18 Å². The van der Waals surface area contributed by atoms with Crippen molar-refractivity contribution in [2.24, 2.45) is 5.92 Å². The smallest absolute Gasteiger partial charge is 0.271 e. The van der Waals surface area contributed by atoms with Crippen molar-refractivity contribution in [1.82, 2.24) is 19.9 Å². The first-order chi connectivity index (χ1) is 13.0. The van der Waals surface area contributed by atoms with Gasteiger partial charge in [-0.05, 0) is 62.4 Å². The number of hydrogen-bond acceptors (Lipinski definition) is 4. The molecule has 0 aliphatic heterocycles. The summed E-state index contributed by atoms with van der Waals surface area (Å²) in [5, 5.41) is 16.8. The zero-order chi connectivity index (χ0) is 19.1. The molecule has 1 unspecified atom stereocenters. The average molecular weight is 363 g/mol. The fraction of sp³-hybridized carbons (Fsp3) is 0.300. The second kappa shape index (κ2) is 6.47. The van der Waals surface area contributed by atoms with E-state index in [4.69, 9.17) is 0 Å².